The van der Waals surface area contributed by atoms with Crippen LogP contribution >= 0.6 is 0 Å². The van der Waals surface area contributed by atoms with E-state index in [0.29, 0.717) is 18.5 Å². The number of nitrogens with two attached hydrogens (primary N) is 1. The molecular weight excluding hydrogens is 360 g/mol. The van der Waals surface area contributed by atoms with Gasteiger partial charge in [-0.2, -0.15) is 5.10 Å². The van der Waals surface area contributed by atoms with Gasteiger partial charge in [-0.25, -0.2) is 0 Å². The summed E-state index contributed by atoms with van der Waals surface area (Å²) in [5, 5.41) is 11.2. The lowest BCUT2D eigenvalue weighted by atomic mass is 9.99. The van der Waals surface area contributed by atoms with Gasteiger partial charge < -0.3 is 11.1 Å². The Bertz CT molecular complexity index is 1150. The molecule has 3 aromatic carbocycles. The van der Waals surface area contributed by atoms with Crippen LogP contribution in [0.4, 0.5) is 0 Å². The van der Waals surface area contributed by atoms with Crippen molar-refractivity contribution in [2.45, 2.75) is 19.4 Å². The molecule has 0 fully saturated rings. The van der Waals surface area contributed by atoms with E-state index in [9.17, 15) is 4.79 Å². The van der Waals surface area contributed by atoms with Gasteiger partial charge in [0.2, 0.25) is 0 Å². The third-order valence-electron chi connectivity index (χ3n) is 5.10. The predicted octanol–water partition coefficient (Wildman–Crippen LogP) is 4.36. The lowest BCUT2D eigenvalue weighted by Crippen LogP contribution is -2.30. The quantitative estimate of drug-likeness (QED) is 0.462. The van der Waals surface area contributed by atoms with Gasteiger partial charge in [-0.05, 0) is 60.8 Å². The van der Waals surface area contributed by atoms with Crippen LogP contribution in [0.1, 0.15) is 33.9 Å². The second-order valence-corrected chi connectivity index (χ2v) is 7.27. The maximum atomic E-state index is 13.0. The SMILES string of the molecule is Cc1cccc(C(CCN)NC(=O)c2cccc(-c3ccc4[nH]ncc4c3)c2)c1. The Morgan fingerprint density at radius 3 is 2.72 bits per heavy atom. The van der Waals surface area contributed by atoms with E-state index in [1.165, 1.54) is 0 Å². The highest BCUT2D eigenvalue weighted by Crippen LogP contribution is 2.25. The molecule has 0 saturated carbocycles. The van der Waals surface area contributed by atoms with E-state index in [1.54, 1.807) is 6.20 Å². The zero-order valence-electron chi connectivity index (χ0n) is 16.4. The van der Waals surface area contributed by atoms with Crippen molar-refractivity contribution in [1.29, 1.82) is 0 Å². The van der Waals surface area contributed by atoms with E-state index in [0.717, 1.165) is 33.2 Å². The van der Waals surface area contributed by atoms with Gasteiger partial charge in [-0.15, -0.1) is 0 Å². The fourth-order valence-electron chi connectivity index (χ4n) is 3.58. The summed E-state index contributed by atoms with van der Waals surface area (Å²) < 4.78 is 0. The number of nitrogens with one attached hydrogen (secondary N) is 2. The lowest BCUT2D eigenvalue weighted by Gasteiger charge is -2.19. The third-order valence-corrected chi connectivity index (χ3v) is 5.10. The fourth-order valence-corrected chi connectivity index (χ4v) is 3.58. The third kappa shape index (κ3) is 4.20. The maximum Gasteiger partial charge on any atom is 0.251 e. The molecule has 0 radical (unpaired) electrons. The summed E-state index contributed by atoms with van der Waals surface area (Å²) in [6.45, 7) is 2.55. The highest BCUT2D eigenvalue weighted by molar-refractivity contribution is 5.96. The first-order valence-corrected chi connectivity index (χ1v) is 9.75. The number of nitrogens with zero attached hydrogens (tertiary/aromatic N) is 1. The van der Waals surface area contributed by atoms with Crippen molar-refractivity contribution in [3.8, 4) is 11.1 Å². The molecule has 5 heteroatoms. The van der Waals surface area contributed by atoms with Gasteiger partial charge in [-0.1, -0.05) is 48.0 Å². The first kappa shape index (κ1) is 18.9. The largest absolute Gasteiger partial charge is 0.345 e. The normalized spacial score (nSPS) is 12.1. The predicted molar refractivity (Wildman–Crippen MR) is 117 cm³/mol. The average Bonchev–Trinajstić information content (AvgIpc) is 3.21. The van der Waals surface area contributed by atoms with Crippen molar-refractivity contribution in [3.05, 3.63) is 89.6 Å². The molecular formula is C24H24N4O. The molecule has 1 aromatic heterocycles. The number of amides is 1. The summed E-state index contributed by atoms with van der Waals surface area (Å²) in [4.78, 5) is 13.0. The minimum absolute atomic E-state index is 0.101. The molecule has 0 aliphatic rings. The van der Waals surface area contributed by atoms with Gasteiger partial charge in [-0.3, -0.25) is 9.89 Å². The number of aromatic nitrogens is 2. The molecule has 4 N–H and O–H groups in total. The van der Waals surface area contributed by atoms with Crippen molar-refractivity contribution < 1.29 is 4.79 Å². The number of rotatable bonds is 6. The molecule has 29 heavy (non-hydrogen) atoms. The highest BCUT2D eigenvalue weighted by Gasteiger charge is 2.16. The van der Waals surface area contributed by atoms with Gasteiger partial charge in [0.25, 0.3) is 5.91 Å². The molecule has 1 atom stereocenters. The molecule has 146 valence electrons. The molecule has 0 aliphatic heterocycles. The number of hydrogen-bond donors (Lipinski definition) is 3. The summed E-state index contributed by atoms with van der Waals surface area (Å²) in [5.74, 6) is -0.101. The van der Waals surface area contributed by atoms with Crippen LogP contribution in [-0.4, -0.2) is 22.6 Å². The first-order valence-electron chi connectivity index (χ1n) is 9.75. The van der Waals surface area contributed by atoms with Crippen LogP contribution in [0.3, 0.4) is 0 Å². The molecule has 1 heterocycles. The smallest absolute Gasteiger partial charge is 0.251 e. The molecule has 4 aromatic rings. The number of fused-ring (bicyclic) bond motifs is 1. The number of aromatic amines is 1. The zero-order valence-corrected chi connectivity index (χ0v) is 16.4. The Kier molecular flexibility index (Phi) is 5.40. The molecule has 1 unspecified atom stereocenters. The molecule has 0 saturated heterocycles. The number of aryl methyl sites for hydroxylation is 1. The molecule has 0 aliphatic carbocycles. The van der Waals surface area contributed by atoms with Crippen molar-refractivity contribution in [1.82, 2.24) is 15.5 Å². The molecule has 0 spiro atoms. The number of carbonyl (C=O) groups excluding carboxylic acids is 1. The van der Waals surface area contributed by atoms with Crippen molar-refractivity contribution in [3.63, 3.8) is 0 Å². The summed E-state index contributed by atoms with van der Waals surface area (Å²) in [6, 6.07) is 21.8. The van der Waals surface area contributed by atoms with Crippen LogP contribution in [0.25, 0.3) is 22.0 Å². The standard InChI is InChI=1S/C24H24N4O/c1-16-4-2-6-19(12-16)22(10-11-25)27-24(29)20-7-3-5-17(13-20)18-8-9-23-21(14-18)15-26-28-23/h2-9,12-15,22H,10-11,25H2,1H3,(H,26,28)(H,27,29). The van der Waals surface area contributed by atoms with Crippen molar-refractivity contribution in [2.75, 3.05) is 6.54 Å². The van der Waals surface area contributed by atoms with Gasteiger partial charge >= 0.3 is 0 Å². The van der Waals surface area contributed by atoms with Gasteiger partial charge in [0, 0.05) is 10.9 Å². The molecule has 5 nitrogen and oxygen atoms in total. The van der Waals surface area contributed by atoms with E-state index < -0.39 is 0 Å². The summed E-state index contributed by atoms with van der Waals surface area (Å²) in [6.07, 6.45) is 2.49. The van der Waals surface area contributed by atoms with Crippen molar-refractivity contribution in [2.24, 2.45) is 5.73 Å². The summed E-state index contributed by atoms with van der Waals surface area (Å²) >= 11 is 0. The van der Waals surface area contributed by atoms with E-state index in [4.69, 9.17) is 5.73 Å². The highest BCUT2D eigenvalue weighted by atomic mass is 16.1. The summed E-state index contributed by atoms with van der Waals surface area (Å²) in [5.41, 5.74) is 11.7. The van der Waals surface area contributed by atoms with Gasteiger partial charge in [0.15, 0.2) is 0 Å². The minimum Gasteiger partial charge on any atom is -0.345 e. The lowest BCUT2D eigenvalue weighted by molar-refractivity contribution is 0.0935. The minimum atomic E-state index is -0.113. The molecule has 1 amide bonds. The Morgan fingerprint density at radius 1 is 1.07 bits per heavy atom. The van der Waals surface area contributed by atoms with Crippen LogP contribution < -0.4 is 11.1 Å². The van der Waals surface area contributed by atoms with Crippen molar-refractivity contribution >= 4 is 16.8 Å². The van der Waals surface area contributed by atoms with E-state index in [-0.39, 0.29) is 11.9 Å². The van der Waals surface area contributed by atoms with Crippen LogP contribution in [0.2, 0.25) is 0 Å². The number of carbonyl (C=O) groups is 1. The molecule has 0 bridgehead atoms. The average molecular weight is 384 g/mol. The van der Waals surface area contributed by atoms with E-state index in [1.807, 2.05) is 61.5 Å². The van der Waals surface area contributed by atoms with Crippen LogP contribution in [0.5, 0.6) is 0 Å². The zero-order chi connectivity index (χ0) is 20.2. The van der Waals surface area contributed by atoms with E-state index >= 15 is 0 Å². The number of benzene rings is 3. The fraction of sp³-hybridized carbons (Fsp3) is 0.167. The summed E-state index contributed by atoms with van der Waals surface area (Å²) in [7, 11) is 0. The van der Waals surface area contributed by atoms with Gasteiger partial charge in [0.05, 0.1) is 17.8 Å². The Morgan fingerprint density at radius 2 is 1.90 bits per heavy atom. The maximum absolute atomic E-state index is 13.0. The Balaban J connectivity index is 1.58. The first-order chi connectivity index (χ1) is 14.1. The van der Waals surface area contributed by atoms with Crippen LogP contribution in [0.15, 0.2) is 72.9 Å². The molecule has 4 rings (SSSR count). The number of H-pyrrole nitrogens is 1. The van der Waals surface area contributed by atoms with Gasteiger partial charge in [0.1, 0.15) is 0 Å². The van der Waals surface area contributed by atoms with Crippen LogP contribution in [-0.2, 0) is 0 Å². The second-order valence-electron chi connectivity index (χ2n) is 7.27. The second kappa shape index (κ2) is 8.29. The Hall–Kier alpha value is -3.44. The monoisotopic (exact) mass is 384 g/mol. The topological polar surface area (TPSA) is 83.8 Å². The van der Waals surface area contributed by atoms with Crippen LogP contribution in [0, 0.1) is 6.92 Å². The number of hydrogen-bond acceptors (Lipinski definition) is 3. The Labute approximate surface area is 170 Å². The van der Waals surface area contributed by atoms with E-state index in [2.05, 4.69) is 27.6 Å².